The van der Waals surface area contributed by atoms with E-state index in [2.05, 4.69) is 15.6 Å². The quantitative estimate of drug-likeness (QED) is 0.712. The fourth-order valence-corrected chi connectivity index (χ4v) is 1.04. The van der Waals surface area contributed by atoms with Crippen LogP contribution in [0.3, 0.4) is 0 Å². The Morgan fingerprint density at radius 3 is 2.56 bits per heavy atom. The summed E-state index contributed by atoms with van der Waals surface area (Å²) in [5.74, 6) is -0.668. The predicted octanol–water partition coefficient (Wildman–Crippen LogP) is 0.484. The third kappa shape index (κ3) is 4.10. The molecule has 0 aliphatic carbocycles. The molecule has 2 N–H and O–H groups in total. The van der Waals surface area contributed by atoms with Gasteiger partial charge >= 0.3 is 0 Å². The Morgan fingerprint density at radius 1 is 1.25 bits per heavy atom. The largest absolute Gasteiger partial charge is 0.343 e. The molecule has 16 heavy (non-hydrogen) atoms. The molecule has 1 aromatic carbocycles. The molecule has 1 aromatic rings. The van der Waals surface area contributed by atoms with Gasteiger partial charge in [0.1, 0.15) is 0 Å². The van der Waals surface area contributed by atoms with Gasteiger partial charge in [0, 0.05) is 5.56 Å². The third-order valence-corrected chi connectivity index (χ3v) is 1.78. The lowest BCUT2D eigenvalue weighted by molar-refractivity contribution is -0.132. The van der Waals surface area contributed by atoms with Gasteiger partial charge in [0.15, 0.2) is 0 Å². The average Bonchev–Trinajstić information content (AvgIpc) is 2.34. The van der Waals surface area contributed by atoms with Gasteiger partial charge in [0.2, 0.25) is 0 Å². The third-order valence-electron chi connectivity index (χ3n) is 1.78. The van der Waals surface area contributed by atoms with Crippen LogP contribution in [-0.4, -0.2) is 25.0 Å². The van der Waals surface area contributed by atoms with Crippen molar-refractivity contribution in [2.75, 3.05) is 13.2 Å². The molecule has 0 aliphatic rings. The number of hydrogen-bond donors (Lipinski definition) is 2. The summed E-state index contributed by atoms with van der Waals surface area (Å²) in [7, 11) is 0. The minimum absolute atomic E-state index is 0.103. The second-order valence-corrected chi connectivity index (χ2v) is 3.01. The van der Waals surface area contributed by atoms with Gasteiger partial charge in [-0.1, -0.05) is 18.2 Å². The van der Waals surface area contributed by atoms with Gasteiger partial charge in [0.25, 0.3) is 11.8 Å². The van der Waals surface area contributed by atoms with Crippen molar-refractivity contribution in [3.05, 3.63) is 35.9 Å². The Bertz CT molecular complexity index is 352. The van der Waals surface area contributed by atoms with E-state index in [0.717, 1.165) is 0 Å². The number of rotatable bonds is 5. The van der Waals surface area contributed by atoms with Crippen LogP contribution in [0.15, 0.2) is 30.3 Å². The van der Waals surface area contributed by atoms with Crippen LogP contribution in [-0.2, 0) is 9.63 Å². The zero-order chi connectivity index (χ0) is 11.8. The molecule has 5 nitrogen and oxygen atoms in total. The summed E-state index contributed by atoms with van der Waals surface area (Å²) < 4.78 is 0. The number of carbonyl (C=O) groups excluding carboxylic acids is 2. The Labute approximate surface area is 93.7 Å². The van der Waals surface area contributed by atoms with Gasteiger partial charge in [-0.15, -0.1) is 0 Å². The van der Waals surface area contributed by atoms with Crippen molar-refractivity contribution in [3.63, 3.8) is 0 Å². The molecule has 2 amide bonds. The van der Waals surface area contributed by atoms with Crippen molar-refractivity contribution in [2.45, 2.75) is 6.92 Å². The van der Waals surface area contributed by atoms with Crippen LogP contribution < -0.4 is 10.8 Å². The molecule has 0 bridgehead atoms. The fraction of sp³-hybridized carbons (Fsp3) is 0.273. The number of carbonyl (C=O) groups is 2. The summed E-state index contributed by atoms with van der Waals surface area (Å²) in [6.45, 7) is 2.04. The van der Waals surface area contributed by atoms with E-state index in [-0.39, 0.29) is 18.4 Å². The zero-order valence-electron chi connectivity index (χ0n) is 9.03. The first-order valence-corrected chi connectivity index (χ1v) is 4.98. The van der Waals surface area contributed by atoms with Crippen molar-refractivity contribution < 1.29 is 14.4 Å². The van der Waals surface area contributed by atoms with E-state index in [1.165, 1.54) is 0 Å². The zero-order valence-corrected chi connectivity index (χ0v) is 9.03. The summed E-state index contributed by atoms with van der Waals surface area (Å²) in [4.78, 5) is 27.3. The molecule has 0 atom stereocenters. The topological polar surface area (TPSA) is 67.4 Å². The number of amides is 2. The van der Waals surface area contributed by atoms with E-state index >= 15 is 0 Å². The monoisotopic (exact) mass is 222 g/mol. The minimum Gasteiger partial charge on any atom is -0.343 e. The van der Waals surface area contributed by atoms with E-state index in [1.54, 1.807) is 31.2 Å². The molecule has 0 aromatic heterocycles. The summed E-state index contributed by atoms with van der Waals surface area (Å²) in [5, 5.41) is 2.48. The molecule has 0 radical (unpaired) electrons. The van der Waals surface area contributed by atoms with Crippen LogP contribution in [0.4, 0.5) is 0 Å². The maximum Gasteiger partial charge on any atom is 0.262 e. The van der Waals surface area contributed by atoms with Crippen molar-refractivity contribution in [1.82, 2.24) is 10.8 Å². The summed E-state index contributed by atoms with van der Waals surface area (Å²) in [6, 6.07) is 8.69. The highest BCUT2D eigenvalue weighted by atomic mass is 16.6. The summed E-state index contributed by atoms with van der Waals surface area (Å²) in [6.07, 6.45) is 0. The molecule has 0 aliphatic heterocycles. The van der Waals surface area contributed by atoms with Crippen LogP contribution in [0.5, 0.6) is 0 Å². The lowest BCUT2D eigenvalue weighted by atomic mass is 10.2. The van der Waals surface area contributed by atoms with Crippen molar-refractivity contribution in [1.29, 1.82) is 0 Å². The highest BCUT2D eigenvalue weighted by Crippen LogP contribution is 1.96. The first-order chi connectivity index (χ1) is 7.74. The highest BCUT2D eigenvalue weighted by Gasteiger charge is 2.06. The van der Waals surface area contributed by atoms with Crippen LogP contribution in [0.2, 0.25) is 0 Å². The van der Waals surface area contributed by atoms with Crippen LogP contribution in [0, 0.1) is 0 Å². The lowest BCUT2D eigenvalue weighted by Gasteiger charge is -2.05. The second kappa shape index (κ2) is 6.58. The maximum absolute atomic E-state index is 11.5. The summed E-state index contributed by atoms with van der Waals surface area (Å²) >= 11 is 0. The van der Waals surface area contributed by atoms with Gasteiger partial charge in [-0.3, -0.25) is 14.4 Å². The number of benzene rings is 1. The van der Waals surface area contributed by atoms with Crippen LogP contribution in [0.1, 0.15) is 17.3 Å². The van der Waals surface area contributed by atoms with E-state index in [1.807, 2.05) is 6.07 Å². The second-order valence-electron chi connectivity index (χ2n) is 3.01. The smallest absolute Gasteiger partial charge is 0.262 e. The number of hydroxylamine groups is 1. The fourth-order valence-electron chi connectivity index (χ4n) is 1.04. The standard InChI is InChI=1S/C11H14N2O3/c1-2-16-13-10(14)8-12-11(15)9-6-4-3-5-7-9/h3-7H,2,8H2,1H3,(H,12,15)(H,13,14). The summed E-state index contributed by atoms with van der Waals surface area (Å²) in [5.41, 5.74) is 2.71. The van der Waals surface area contributed by atoms with Gasteiger partial charge in [0.05, 0.1) is 13.2 Å². The predicted molar refractivity (Wildman–Crippen MR) is 58.5 cm³/mol. The molecule has 1 rings (SSSR count). The molecule has 0 heterocycles. The lowest BCUT2D eigenvalue weighted by Crippen LogP contribution is -2.36. The van der Waals surface area contributed by atoms with Crippen LogP contribution in [0.25, 0.3) is 0 Å². The minimum atomic E-state index is -0.383. The average molecular weight is 222 g/mol. The normalized spacial score (nSPS) is 9.56. The molecule has 0 spiro atoms. The molecular formula is C11H14N2O3. The highest BCUT2D eigenvalue weighted by molar-refractivity contribution is 5.96. The molecule has 0 fully saturated rings. The van der Waals surface area contributed by atoms with Gasteiger partial charge in [-0.05, 0) is 19.1 Å². The number of hydrogen-bond acceptors (Lipinski definition) is 3. The van der Waals surface area contributed by atoms with Gasteiger partial charge in [-0.25, -0.2) is 5.48 Å². The molecule has 0 saturated carbocycles. The van der Waals surface area contributed by atoms with Crippen LogP contribution >= 0.6 is 0 Å². The molecule has 0 saturated heterocycles. The van der Waals surface area contributed by atoms with Crippen molar-refractivity contribution in [2.24, 2.45) is 0 Å². The molecule has 5 heteroatoms. The first-order valence-electron chi connectivity index (χ1n) is 4.98. The van der Waals surface area contributed by atoms with E-state index in [0.29, 0.717) is 12.2 Å². The Kier molecular flexibility index (Phi) is 5.01. The van der Waals surface area contributed by atoms with Gasteiger partial charge in [-0.2, -0.15) is 0 Å². The maximum atomic E-state index is 11.5. The Balaban J connectivity index is 2.33. The van der Waals surface area contributed by atoms with Crippen molar-refractivity contribution in [3.8, 4) is 0 Å². The van der Waals surface area contributed by atoms with E-state index in [9.17, 15) is 9.59 Å². The van der Waals surface area contributed by atoms with Crippen molar-refractivity contribution >= 4 is 11.8 Å². The first kappa shape index (κ1) is 12.2. The SMILES string of the molecule is CCONC(=O)CNC(=O)c1ccccc1. The molecule has 0 unspecified atom stereocenters. The van der Waals surface area contributed by atoms with Gasteiger partial charge < -0.3 is 5.32 Å². The molecular weight excluding hydrogens is 208 g/mol. The Morgan fingerprint density at radius 2 is 1.94 bits per heavy atom. The molecule has 86 valence electrons. The Hall–Kier alpha value is -1.88. The van der Waals surface area contributed by atoms with E-state index in [4.69, 9.17) is 0 Å². The number of nitrogens with one attached hydrogen (secondary N) is 2. The van der Waals surface area contributed by atoms with E-state index < -0.39 is 0 Å².